The van der Waals surface area contributed by atoms with Gasteiger partial charge in [-0.15, -0.1) is 0 Å². The van der Waals surface area contributed by atoms with Crippen LogP contribution in [0.2, 0.25) is 0 Å². The van der Waals surface area contributed by atoms with E-state index < -0.39 is 11.8 Å². The lowest BCUT2D eigenvalue weighted by Gasteiger charge is -2.13. The van der Waals surface area contributed by atoms with Crippen molar-refractivity contribution < 1.29 is 19.1 Å². The lowest BCUT2D eigenvalue weighted by molar-refractivity contribution is -0.123. The fraction of sp³-hybridized carbons (Fsp3) is 0.190. The lowest BCUT2D eigenvalue weighted by atomic mass is 10.1. The second-order valence-corrected chi connectivity index (χ2v) is 6.52. The first-order valence-corrected chi connectivity index (χ1v) is 9.21. The average molecular weight is 413 g/mol. The van der Waals surface area contributed by atoms with Gasteiger partial charge in [0.05, 0.1) is 7.11 Å². The van der Waals surface area contributed by atoms with Crippen molar-refractivity contribution in [3.63, 3.8) is 0 Å². The smallest absolute Gasteiger partial charge is 0.276 e. The number of thiocarbonyl (C=S) groups is 1. The summed E-state index contributed by atoms with van der Waals surface area (Å²) in [6.07, 6.45) is 2.97. The van der Waals surface area contributed by atoms with Gasteiger partial charge in [-0.2, -0.15) is 0 Å². The Kier molecular flexibility index (Phi) is 8.17. The molecular weight excluding hydrogens is 390 g/mol. The Morgan fingerprint density at radius 1 is 1.03 bits per heavy atom. The van der Waals surface area contributed by atoms with Crippen molar-refractivity contribution in [3.05, 3.63) is 65.2 Å². The Morgan fingerprint density at radius 3 is 2.31 bits per heavy atom. The van der Waals surface area contributed by atoms with Gasteiger partial charge in [-0.1, -0.05) is 30.3 Å². The monoisotopic (exact) mass is 413 g/mol. The molecule has 0 aliphatic carbocycles. The summed E-state index contributed by atoms with van der Waals surface area (Å²) >= 11 is 4.98. The summed E-state index contributed by atoms with van der Waals surface area (Å²) in [5.74, 6) is 0.536. The van der Waals surface area contributed by atoms with Gasteiger partial charge in [0.2, 0.25) is 5.91 Å². The van der Waals surface area contributed by atoms with Crippen LogP contribution in [0.25, 0.3) is 6.08 Å². The van der Waals surface area contributed by atoms with Crippen LogP contribution in [0.15, 0.2) is 48.5 Å². The van der Waals surface area contributed by atoms with Crippen LogP contribution in [0.5, 0.6) is 11.5 Å². The molecule has 0 aromatic heterocycles. The van der Waals surface area contributed by atoms with E-state index in [1.165, 1.54) is 6.08 Å². The number of hydrogen-bond donors (Lipinski definition) is 3. The molecule has 2 aromatic carbocycles. The first-order valence-electron chi connectivity index (χ1n) is 8.80. The van der Waals surface area contributed by atoms with E-state index in [9.17, 15) is 9.59 Å². The minimum atomic E-state index is -0.432. The Labute approximate surface area is 175 Å². The van der Waals surface area contributed by atoms with Crippen LogP contribution >= 0.6 is 12.2 Å². The molecule has 0 spiro atoms. The molecule has 7 nitrogen and oxygen atoms in total. The van der Waals surface area contributed by atoms with Crippen LogP contribution in [0.4, 0.5) is 0 Å². The first-order chi connectivity index (χ1) is 13.9. The molecule has 0 heterocycles. The van der Waals surface area contributed by atoms with E-state index in [2.05, 4.69) is 16.2 Å². The molecule has 29 heavy (non-hydrogen) atoms. The van der Waals surface area contributed by atoms with Crippen molar-refractivity contribution in [2.75, 3.05) is 13.7 Å². The normalized spacial score (nSPS) is 10.3. The van der Waals surface area contributed by atoms with Crippen molar-refractivity contribution in [3.8, 4) is 11.5 Å². The first kappa shape index (κ1) is 21.9. The van der Waals surface area contributed by atoms with Gasteiger partial charge < -0.3 is 9.47 Å². The summed E-state index contributed by atoms with van der Waals surface area (Å²) in [7, 11) is 1.58. The molecule has 0 saturated heterocycles. The van der Waals surface area contributed by atoms with Crippen LogP contribution in [0.3, 0.4) is 0 Å². The zero-order valence-corrected chi connectivity index (χ0v) is 17.3. The number of carbonyl (C=O) groups excluding carboxylic acids is 2. The third kappa shape index (κ3) is 7.27. The van der Waals surface area contributed by atoms with Gasteiger partial charge in [-0.25, -0.2) is 0 Å². The van der Waals surface area contributed by atoms with Gasteiger partial charge in [0.1, 0.15) is 11.5 Å². The summed E-state index contributed by atoms with van der Waals surface area (Å²) < 4.78 is 10.6. The highest BCUT2D eigenvalue weighted by Gasteiger charge is 2.08. The topological polar surface area (TPSA) is 88.7 Å². The Hall–Kier alpha value is -3.39. The summed E-state index contributed by atoms with van der Waals surface area (Å²) in [6, 6.07) is 12.9. The molecule has 0 fully saturated rings. The number of aryl methyl sites for hydroxylation is 2. The van der Waals surface area contributed by atoms with Crippen molar-refractivity contribution in [2.45, 2.75) is 13.8 Å². The molecule has 152 valence electrons. The molecule has 0 atom stereocenters. The number of nitrogens with one attached hydrogen (secondary N) is 3. The molecule has 2 amide bonds. The predicted molar refractivity (Wildman–Crippen MR) is 115 cm³/mol. The number of benzene rings is 2. The lowest BCUT2D eigenvalue weighted by Crippen LogP contribution is -2.49. The molecule has 0 aliphatic rings. The molecule has 0 aliphatic heterocycles. The van der Waals surface area contributed by atoms with E-state index >= 15 is 0 Å². The van der Waals surface area contributed by atoms with Crippen molar-refractivity contribution in [1.82, 2.24) is 16.2 Å². The number of hydrogen-bond acceptors (Lipinski definition) is 5. The maximum atomic E-state index is 11.9. The van der Waals surface area contributed by atoms with Crippen LogP contribution in [0, 0.1) is 13.8 Å². The molecule has 0 unspecified atom stereocenters. The summed E-state index contributed by atoms with van der Waals surface area (Å²) in [5.41, 5.74) is 7.55. The Bertz CT molecular complexity index is 890. The third-order valence-electron chi connectivity index (χ3n) is 3.85. The molecule has 3 N–H and O–H groups in total. The van der Waals surface area contributed by atoms with Crippen LogP contribution < -0.4 is 25.6 Å². The summed E-state index contributed by atoms with van der Waals surface area (Å²) in [6.45, 7) is 3.62. The molecule has 8 heteroatoms. The van der Waals surface area contributed by atoms with Crippen molar-refractivity contribution in [1.29, 1.82) is 0 Å². The van der Waals surface area contributed by atoms with Gasteiger partial charge in [0.25, 0.3) is 5.91 Å². The number of carbonyl (C=O) groups is 2. The number of para-hydroxylation sites is 1. The quantitative estimate of drug-likeness (QED) is 0.383. The number of ether oxygens (including phenoxy) is 2. The molecule has 2 aromatic rings. The highest BCUT2D eigenvalue weighted by atomic mass is 32.1. The summed E-state index contributed by atoms with van der Waals surface area (Å²) in [4.78, 5) is 23.8. The molecule has 0 saturated carbocycles. The highest BCUT2D eigenvalue weighted by molar-refractivity contribution is 7.80. The minimum absolute atomic E-state index is 0.0326. The summed E-state index contributed by atoms with van der Waals surface area (Å²) in [5, 5.41) is 2.40. The second kappa shape index (κ2) is 10.8. The fourth-order valence-electron chi connectivity index (χ4n) is 2.40. The van der Waals surface area contributed by atoms with Gasteiger partial charge in [0, 0.05) is 6.08 Å². The van der Waals surface area contributed by atoms with E-state index in [1.807, 2.05) is 44.2 Å². The predicted octanol–water partition coefficient (Wildman–Crippen LogP) is 2.43. The zero-order valence-electron chi connectivity index (χ0n) is 16.4. The van der Waals surface area contributed by atoms with Gasteiger partial charge in [-0.05, 0) is 61.0 Å². The van der Waals surface area contributed by atoms with Gasteiger partial charge >= 0.3 is 0 Å². The maximum absolute atomic E-state index is 11.9. The Morgan fingerprint density at radius 2 is 1.69 bits per heavy atom. The van der Waals surface area contributed by atoms with Crippen LogP contribution in [-0.4, -0.2) is 30.6 Å². The highest BCUT2D eigenvalue weighted by Crippen LogP contribution is 2.21. The van der Waals surface area contributed by atoms with E-state index in [1.54, 1.807) is 25.3 Å². The molecule has 0 bridgehead atoms. The van der Waals surface area contributed by atoms with Gasteiger partial charge in [0.15, 0.2) is 11.7 Å². The largest absolute Gasteiger partial charge is 0.497 e. The standard InChI is InChI=1S/C21H23N3O4S/c1-14-5-4-6-15(2)20(14)28-13-19(26)23-24-21(29)22-18(25)12-9-16-7-10-17(27-3)11-8-16/h4-12H,13H2,1-3H3,(H,23,26)(H2,22,24,25,29). The number of hydrazine groups is 1. The number of amides is 2. The SMILES string of the molecule is COc1ccc(C=CC(=O)NC(=S)NNC(=O)COc2c(C)cccc2C)cc1. The van der Waals surface area contributed by atoms with Crippen molar-refractivity contribution >= 4 is 35.2 Å². The zero-order chi connectivity index (χ0) is 21.2. The van der Waals surface area contributed by atoms with E-state index in [0.29, 0.717) is 5.75 Å². The molecule has 0 radical (unpaired) electrons. The van der Waals surface area contributed by atoms with Gasteiger partial charge in [-0.3, -0.25) is 25.8 Å². The molecule has 2 rings (SSSR count). The van der Waals surface area contributed by atoms with E-state index in [0.717, 1.165) is 22.4 Å². The number of rotatable bonds is 6. The van der Waals surface area contributed by atoms with Crippen LogP contribution in [-0.2, 0) is 9.59 Å². The van der Waals surface area contributed by atoms with Crippen LogP contribution in [0.1, 0.15) is 16.7 Å². The fourth-order valence-corrected chi connectivity index (χ4v) is 2.55. The Balaban J connectivity index is 1.73. The second-order valence-electron chi connectivity index (χ2n) is 6.11. The van der Waals surface area contributed by atoms with E-state index in [-0.39, 0.29) is 11.7 Å². The maximum Gasteiger partial charge on any atom is 0.276 e. The molecular formula is C21H23N3O4S. The third-order valence-corrected chi connectivity index (χ3v) is 4.06. The average Bonchev–Trinajstić information content (AvgIpc) is 2.70. The van der Waals surface area contributed by atoms with E-state index in [4.69, 9.17) is 21.7 Å². The van der Waals surface area contributed by atoms with Crippen molar-refractivity contribution in [2.24, 2.45) is 0 Å². The minimum Gasteiger partial charge on any atom is -0.497 e. The number of methoxy groups -OCH3 is 1.